The van der Waals surface area contributed by atoms with Gasteiger partial charge in [-0.05, 0) is 0 Å². The summed E-state index contributed by atoms with van der Waals surface area (Å²) in [4.78, 5) is 0. The van der Waals surface area contributed by atoms with Crippen molar-refractivity contribution in [3.63, 3.8) is 0 Å². The van der Waals surface area contributed by atoms with Gasteiger partial charge in [0.05, 0.1) is 0 Å². The maximum atomic E-state index is 11.5. The standard InChI is InChI=1S/C5H8O12S4/c6-18(7)4(19(8,9)15-2-14-18)1-5-20(10,11)16-3-17-21(5,12)13/h4-5H,1-3H2. The molecule has 0 aromatic heterocycles. The van der Waals surface area contributed by atoms with E-state index in [0.29, 0.717) is 0 Å². The van der Waals surface area contributed by atoms with Gasteiger partial charge < -0.3 is 0 Å². The number of hydrogen-bond donors (Lipinski definition) is 0. The van der Waals surface area contributed by atoms with Crippen LogP contribution < -0.4 is 0 Å². The molecule has 0 aromatic carbocycles. The predicted molar refractivity (Wildman–Crippen MR) is 61.9 cm³/mol. The smallest absolute Gasteiger partial charge is 0.239 e. The molecule has 0 unspecified atom stereocenters. The van der Waals surface area contributed by atoms with Crippen LogP contribution in [-0.4, -0.2) is 56.4 Å². The molecule has 0 N–H and O–H groups in total. The van der Waals surface area contributed by atoms with Crippen molar-refractivity contribution in [2.24, 2.45) is 0 Å². The molecule has 0 atom stereocenters. The summed E-state index contributed by atoms with van der Waals surface area (Å²) in [5, 5.41) is 0. The van der Waals surface area contributed by atoms with Crippen molar-refractivity contribution in [3.05, 3.63) is 0 Å². The molecule has 0 bridgehead atoms. The third-order valence-electron chi connectivity index (χ3n) is 2.52. The topological polar surface area (TPSA) is 173 Å². The van der Waals surface area contributed by atoms with E-state index in [2.05, 4.69) is 16.7 Å². The molecule has 2 heterocycles. The molecule has 0 saturated carbocycles. The quantitative estimate of drug-likeness (QED) is 0.450. The van der Waals surface area contributed by atoms with Crippen LogP contribution in [0.4, 0.5) is 0 Å². The lowest BCUT2D eigenvalue weighted by Gasteiger charge is -2.26. The summed E-state index contributed by atoms with van der Waals surface area (Å²) in [6, 6.07) is 0. The second kappa shape index (κ2) is 5.08. The van der Waals surface area contributed by atoms with Crippen molar-refractivity contribution < 1.29 is 50.4 Å². The van der Waals surface area contributed by atoms with Gasteiger partial charge in [-0.1, -0.05) is 0 Å². The van der Waals surface area contributed by atoms with E-state index >= 15 is 0 Å². The maximum absolute atomic E-state index is 11.5. The van der Waals surface area contributed by atoms with Gasteiger partial charge in [-0.2, -0.15) is 33.7 Å². The Bertz CT molecular complexity index is 689. The Labute approximate surface area is 120 Å². The highest BCUT2D eigenvalue weighted by Crippen LogP contribution is 2.31. The molecular weight excluding hydrogens is 380 g/mol. The second-order valence-corrected chi connectivity index (χ2v) is 11.5. The zero-order valence-corrected chi connectivity index (χ0v) is 13.1. The first-order valence-corrected chi connectivity index (χ1v) is 10.8. The van der Waals surface area contributed by atoms with Gasteiger partial charge in [0, 0.05) is 6.42 Å². The van der Waals surface area contributed by atoms with Crippen molar-refractivity contribution in [2.45, 2.75) is 15.6 Å². The fraction of sp³-hybridized carbons (Fsp3) is 1.00. The van der Waals surface area contributed by atoms with Crippen molar-refractivity contribution in [2.75, 3.05) is 13.6 Å². The minimum Gasteiger partial charge on any atom is -0.239 e. The van der Waals surface area contributed by atoms with Crippen molar-refractivity contribution >= 4 is 40.5 Å². The van der Waals surface area contributed by atoms with E-state index in [-0.39, 0.29) is 0 Å². The highest BCUT2D eigenvalue weighted by atomic mass is 32.3. The normalized spacial score (nSPS) is 31.6. The Morgan fingerprint density at radius 2 is 0.810 bits per heavy atom. The highest BCUT2D eigenvalue weighted by molar-refractivity contribution is 8.06. The third kappa shape index (κ3) is 3.21. The van der Waals surface area contributed by atoms with Crippen molar-refractivity contribution in [1.29, 1.82) is 0 Å². The Balaban J connectivity index is 2.47. The SMILES string of the molecule is O=S1(=O)OCOS(=O)(=O)C1CC1S(=O)(=O)OCOS1(=O)=O. The van der Waals surface area contributed by atoms with Gasteiger partial charge in [-0.25, -0.2) is 16.7 Å². The lowest BCUT2D eigenvalue weighted by Crippen LogP contribution is -2.47. The molecule has 0 amide bonds. The monoisotopic (exact) mass is 388 g/mol. The Morgan fingerprint density at radius 3 is 1.05 bits per heavy atom. The molecule has 2 saturated heterocycles. The lowest BCUT2D eigenvalue weighted by atomic mass is 10.5. The van der Waals surface area contributed by atoms with Crippen molar-refractivity contribution in [1.82, 2.24) is 0 Å². The third-order valence-corrected chi connectivity index (χ3v) is 10.4. The number of hydrogen-bond acceptors (Lipinski definition) is 12. The van der Waals surface area contributed by atoms with Crippen LogP contribution >= 0.6 is 0 Å². The van der Waals surface area contributed by atoms with Crippen LogP contribution in [0.15, 0.2) is 0 Å². The van der Waals surface area contributed by atoms with Gasteiger partial charge in [0.15, 0.2) is 13.6 Å². The molecule has 2 fully saturated rings. The summed E-state index contributed by atoms with van der Waals surface area (Å²) in [5.41, 5.74) is 0. The molecule has 0 spiro atoms. The van der Waals surface area contributed by atoms with Crippen LogP contribution in [0.2, 0.25) is 0 Å². The average molecular weight is 388 g/mol. The minimum atomic E-state index is -4.78. The fourth-order valence-electron chi connectivity index (χ4n) is 1.53. The van der Waals surface area contributed by atoms with E-state index in [9.17, 15) is 33.7 Å². The fourth-order valence-corrected chi connectivity index (χ4v) is 8.16. The molecule has 0 aromatic rings. The molecule has 2 aliphatic heterocycles. The lowest BCUT2D eigenvalue weighted by molar-refractivity contribution is 0.115. The van der Waals surface area contributed by atoms with Gasteiger partial charge in [-0.15, -0.1) is 0 Å². The molecule has 2 aliphatic rings. The molecular formula is C5H8O12S4. The van der Waals surface area contributed by atoms with E-state index in [1.54, 1.807) is 0 Å². The molecule has 2 rings (SSSR count). The van der Waals surface area contributed by atoms with Gasteiger partial charge >= 0.3 is 0 Å². The summed E-state index contributed by atoms with van der Waals surface area (Å²) in [5.74, 6) is 0. The van der Waals surface area contributed by atoms with Crippen LogP contribution in [0.25, 0.3) is 0 Å². The highest BCUT2D eigenvalue weighted by Gasteiger charge is 2.53. The van der Waals surface area contributed by atoms with Gasteiger partial charge in [0.2, 0.25) is 9.16 Å². The summed E-state index contributed by atoms with van der Waals surface area (Å²) >= 11 is 0. The zero-order chi connectivity index (χ0) is 16.1. The van der Waals surface area contributed by atoms with E-state index in [0.717, 1.165) is 0 Å². The zero-order valence-electron chi connectivity index (χ0n) is 9.81. The van der Waals surface area contributed by atoms with Crippen LogP contribution in [0.3, 0.4) is 0 Å². The summed E-state index contributed by atoms with van der Waals surface area (Å²) in [7, 11) is -19.1. The van der Waals surface area contributed by atoms with Gasteiger partial charge in [0.1, 0.15) is 0 Å². The molecule has 124 valence electrons. The van der Waals surface area contributed by atoms with E-state index < -0.39 is 69.6 Å². The molecule has 12 nitrogen and oxygen atoms in total. The van der Waals surface area contributed by atoms with Gasteiger partial charge in [-0.3, -0.25) is 0 Å². The van der Waals surface area contributed by atoms with Crippen LogP contribution in [0.5, 0.6) is 0 Å². The van der Waals surface area contributed by atoms with Crippen LogP contribution in [0.1, 0.15) is 6.42 Å². The van der Waals surface area contributed by atoms with E-state index in [1.807, 2.05) is 0 Å². The van der Waals surface area contributed by atoms with Gasteiger partial charge in [0.25, 0.3) is 40.5 Å². The molecule has 0 aliphatic carbocycles. The summed E-state index contributed by atoms with van der Waals surface area (Å²) < 4.78 is 104. The molecule has 0 radical (unpaired) electrons. The maximum Gasteiger partial charge on any atom is 0.289 e. The Kier molecular flexibility index (Phi) is 4.12. The van der Waals surface area contributed by atoms with Crippen molar-refractivity contribution in [3.8, 4) is 0 Å². The van der Waals surface area contributed by atoms with Crippen LogP contribution in [-0.2, 0) is 57.2 Å². The average Bonchev–Trinajstić information content (AvgIpc) is 2.23. The van der Waals surface area contributed by atoms with E-state index in [1.165, 1.54) is 0 Å². The first kappa shape index (κ1) is 17.0. The number of rotatable bonds is 2. The Hall–Kier alpha value is -0.360. The second-order valence-electron chi connectivity index (χ2n) is 3.77. The largest absolute Gasteiger partial charge is 0.289 e. The molecule has 16 heteroatoms. The summed E-state index contributed by atoms with van der Waals surface area (Å²) in [6.45, 7) is -2.23. The Morgan fingerprint density at radius 1 is 0.571 bits per heavy atom. The minimum absolute atomic E-state index is 1.11. The first-order valence-electron chi connectivity index (χ1n) is 4.91. The van der Waals surface area contributed by atoms with Crippen LogP contribution in [0, 0.1) is 0 Å². The predicted octanol–water partition coefficient (Wildman–Crippen LogP) is -2.64. The molecule has 21 heavy (non-hydrogen) atoms. The summed E-state index contributed by atoms with van der Waals surface area (Å²) in [6.07, 6.45) is -1.41. The van der Waals surface area contributed by atoms with E-state index in [4.69, 9.17) is 0 Å². The first-order chi connectivity index (χ1) is 9.39.